The zero-order valence-corrected chi connectivity index (χ0v) is 9.26. The van der Waals surface area contributed by atoms with Crippen molar-refractivity contribution in [2.45, 2.75) is 19.3 Å². The van der Waals surface area contributed by atoms with Crippen molar-refractivity contribution >= 4 is 11.9 Å². The Morgan fingerprint density at radius 2 is 2.35 bits per heavy atom. The monoisotopic (exact) mass is 238 g/mol. The van der Waals surface area contributed by atoms with Gasteiger partial charge in [-0.25, -0.2) is 0 Å². The van der Waals surface area contributed by atoms with Gasteiger partial charge in [0.25, 0.3) is 5.91 Å². The van der Waals surface area contributed by atoms with Gasteiger partial charge >= 0.3 is 5.97 Å². The van der Waals surface area contributed by atoms with Crippen LogP contribution in [0.25, 0.3) is 0 Å². The van der Waals surface area contributed by atoms with E-state index in [2.05, 4.69) is 15.0 Å². The highest BCUT2D eigenvalue weighted by Gasteiger charge is 2.32. The topological polar surface area (TPSA) is 92.4 Å². The van der Waals surface area contributed by atoms with Crippen LogP contribution in [0.3, 0.4) is 0 Å². The third kappa shape index (κ3) is 2.64. The smallest absolute Gasteiger partial charge is 0.306 e. The first kappa shape index (κ1) is 11.6. The summed E-state index contributed by atoms with van der Waals surface area (Å²) in [4.78, 5) is 22.5. The van der Waals surface area contributed by atoms with E-state index in [1.165, 1.54) is 12.3 Å². The molecule has 17 heavy (non-hydrogen) atoms. The largest absolute Gasteiger partial charge is 0.481 e. The average Bonchev–Trinajstić information content (AvgIpc) is 2.96. The van der Waals surface area contributed by atoms with Gasteiger partial charge in [-0.15, -0.1) is 0 Å². The molecule has 1 saturated carbocycles. The molecule has 1 aromatic heterocycles. The highest BCUT2D eigenvalue weighted by Crippen LogP contribution is 2.31. The molecule has 1 aliphatic rings. The Labute approximate surface area is 98.0 Å². The molecule has 92 valence electrons. The van der Waals surface area contributed by atoms with E-state index in [9.17, 15) is 9.59 Å². The maximum atomic E-state index is 11.6. The SMILES string of the molecule is O=C(NCC1CCCC1C(=O)O)c1ccon1. The lowest BCUT2D eigenvalue weighted by molar-refractivity contribution is -0.142. The van der Waals surface area contributed by atoms with Crippen molar-refractivity contribution in [3.8, 4) is 0 Å². The molecular weight excluding hydrogens is 224 g/mol. The van der Waals surface area contributed by atoms with Crippen LogP contribution in [-0.2, 0) is 4.79 Å². The number of hydrogen-bond donors (Lipinski definition) is 2. The minimum atomic E-state index is -0.775. The normalized spacial score (nSPS) is 23.5. The fourth-order valence-corrected chi connectivity index (χ4v) is 2.25. The van der Waals surface area contributed by atoms with Crippen LogP contribution in [0, 0.1) is 11.8 Å². The second-order valence-corrected chi connectivity index (χ2v) is 4.23. The van der Waals surface area contributed by atoms with Crippen molar-refractivity contribution in [3.63, 3.8) is 0 Å². The third-order valence-electron chi connectivity index (χ3n) is 3.17. The number of aromatic nitrogens is 1. The third-order valence-corrected chi connectivity index (χ3v) is 3.17. The molecule has 2 N–H and O–H groups in total. The van der Waals surface area contributed by atoms with Gasteiger partial charge in [0.1, 0.15) is 6.26 Å². The van der Waals surface area contributed by atoms with Gasteiger partial charge < -0.3 is 14.9 Å². The van der Waals surface area contributed by atoms with Crippen LogP contribution in [0.2, 0.25) is 0 Å². The van der Waals surface area contributed by atoms with Crippen LogP contribution in [0.15, 0.2) is 16.9 Å². The van der Waals surface area contributed by atoms with Crippen LogP contribution >= 0.6 is 0 Å². The fourth-order valence-electron chi connectivity index (χ4n) is 2.25. The average molecular weight is 238 g/mol. The number of amides is 1. The molecule has 0 bridgehead atoms. The summed E-state index contributed by atoms with van der Waals surface area (Å²) in [6.45, 7) is 0.378. The maximum absolute atomic E-state index is 11.6. The van der Waals surface area contributed by atoms with E-state index >= 15 is 0 Å². The minimum absolute atomic E-state index is 0.0170. The number of carboxylic acid groups (broad SMARTS) is 1. The molecule has 0 aromatic carbocycles. The van der Waals surface area contributed by atoms with Gasteiger partial charge in [-0.1, -0.05) is 11.6 Å². The fraction of sp³-hybridized carbons (Fsp3) is 0.545. The summed E-state index contributed by atoms with van der Waals surface area (Å²) in [5.41, 5.74) is 0.217. The van der Waals surface area contributed by atoms with E-state index in [4.69, 9.17) is 5.11 Å². The number of rotatable bonds is 4. The summed E-state index contributed by atoms with van der Waals surface area (Å²) in [5, 5.41) is 15.2. The van der Waals surface area contributed by atoms with Crippen LogP contribution in [0.4, 0.5) is 0 Å². The van der Waals surface area contributed by atoms with Crippen molar-refractivity contribution < 1.29 is 19.2 Å². The summed E-state index contributed by atoms with van der Waals surface area (Å²) in [6, 6.07) is 1.47. The van der Waals surface area contributed by atoms with Gasteiger partial charge in [0, 0.05) is 12.6 Å². The molecule has 6 heteroatoms. The summed E-state index contributed by atoms with van der Waals surface area (Å²) in [5.74, 6) is -1.42. The molecule has 1 amide bonds. The lowest BCUT2D eigenvalue weighted by Gasteiger charge is -2.15. The van der Waals surface area contributed by atoms with Gasteiger partial charge in [-0.3, -0.25) is 9.59 Å². The second-order valence-electron chi connectivity index (χ2n) is 4.23. The van der Waals surface area contributed by atoms with E-state index in [0.29, 0.717) is 13.0 Å². The highest BCUT2D eigenvalue weighted by molar-refractivity contribution is 5.91. The number of aliphatic carboxylic acids is 1. The zero-order chi connectivity index (χ0) is 12.3. The minimum Gasteiger partial charge on any atom is -0.481 e. The number of hydrogen-bond acceptors (Lipinski definition) is 4. The number of nitrogens with zero attached hydrogens (tertiary/aromatic N) is 1. The highest BCUT2D eigenvalue weighted by atomic mass is 16.5. The first-order chi connectivity index (χ1) is 8.18. The van der Waals surface area contributed by atoms with Crippen molar-refractivity contribution in [2.75, 3.05) is 6.54 Å². The van der Waals surface area contributed by atoms with Crippen molar-refractivity contribution in [1.29, 1.82) is 0 Å². The predicted octanol–water partition coefficient (Wildman–Crippen LogP) is 0.905. The first-order valence-corrected chi connectivity index (χ1v) is 5.60. The van der Waals surface area contributed by atoms with Crippen LogP contribution in [0.5, 0.6) is 0 Å². The molecular formula is C11H14N2O4. The van der Waals surface area contributed by atoms with E-state index in [1.54, 1.807) is 0 Å². The standard InChI is InChI=1S/C11H14N2O4/c14-10(9-4-5-17-13-9)12-6-7-2-1-3-8(7)11(15)16/h4-5,7-8H,1-3,6H2,(H,12,14)(H,15,16). The molecule has 6 nitrogen and oxygen atoms in total. The lowest BCUT2D eigenvalue weighted by Crippen LogP contribution is -2.33. The lowest BCUT2D eigenvalue weighted by atomic mass is 9.96. The number of carbonyl (C=O) groups excluding carboxylic acids is 1. The molecule has 0 radical (unpaired) electrons. The second kappa shape index (κ2) is 4.99. The summed E-state index contributed by atoms with van der Waals surface area (Å²) in [7, 11) is 0. The van der Waals surface area contributed by atoms with Crippen molar-refractivity contribution in [3.05, 3.63) is 18.0 Å². The molecule has 0 spiro atoms. The summed E-state index contributed by atoms with van der Waals surface area (Å²) in [6.07, 6.45) is 3.77. The van der Waals surface area contributed by atoms with E-state index in [1.807, 2.05) is 0 Å². The quantitative estimate of drug-likeness (QED) is 0.813. The molecule has 0 aliphatic heterocycles. The Kier molecular flexibility index (Phi) is 3.41. The van der Waals surface area contributed by atoms with E-state index in [-0.39, 0.29) is 23.4 Å². The van der Waals surface area contributed by atoms with Gasteiger partial charge in [-0.2, -0.15) is 0 Å². The van der Waals surface area contributed by atoms with Crippen LogP contribution in [-0.4, -0.2) is 28.7 Å². The molecule has 1 fully saturated rings. The number of carboxylic acids is 1. The van der Waals surface area contributed by atoms with Gasteiger partial charge in [0.15, 0.2) is 5.69 Å². The first-order valence-electron chi connectivity index (χ1n) is 5.60. The molecule has 1 aliphatic carbocycles. The Morgan fingerprint density at radius 1 is 1.53 bits per heavy atom. The molecule has 1 aromatic rings. The van der Waals surface area contributed by atoms with E-state index in [0.717, 1.165) is 12.8 Å². The van der Waals surface area contributed by atoms with E-state index < -0.39 is 5.97 Å². The Morgan fingerprint density at radius 3 is 3.00 bits per heavy atom. The zero-order valence-electron chi connectivity index (χ0n) is 9.26. The molecule has 1 heterocycles. The number of nitrogens with one attached hydrogen (secondary N) is 1. The number of carbonyl (C=O) groups is 2. The maximum Gasteiger partial charge on any atom is 0.306 e. The predicted molar refractivity (Wildman–Crippen MR) is 57.3 cm³/mol. The van der Waals surface area contributed by atoms with Gasteiger partial charge in [0.2, 0.25) is 0 Å². The molecule has 2 unspecified atom stereocenters. The van der Waals surface area contributed by atoms with Gasteiger partial charge in [0.05, 0.1) is 5.92 Å². The van der Waals surface area contributed by atoms with Crippen molar-refractivity contribution in [2.24, 2.45) is 11.8 Å². The molecule has 2 rings (SSSR count). The summed E-state index contributed by atoms with van der Waals surface area (Å²) >= 11 is 0. The molecule has 0 saturated heterocycles. The Bertz CT molecular complexity index is 402. The van der Waals surface area contributed by atoms with Crippen molar-refractivity contribution in [1.82, 2.24) is 10.5 Å². The molecule has 2 atom stereocenters. The van der Waals surface area contributed by atoms with Crippen LogP contribution < -0.4 is 5.32 Å². The van der Waals surface area contributed by atoms with Gasteiger partial charge in [-0.05, 0) is 18.8 Å². The Hall–Kier alpha value is -1.85. The Balaban J connectivity index is 1.86. The van der Waals surface area contributed by atoms with Crippen LogP contribution in [0.1, 0.15) is 29.8 Å². The summed E-state index contributed by atoms with van der Waals surface area (Å²) < 4.78 is 4.56.